The predicted molar refractivity (Wildman–Crippen MR) is 120 cm³/mol. The Morgan fingerprint density at radius 3 is 2.94 bits per heavy atom. The van der Waals surface area contributed by atoms with Gasteiger partial charge in [0.2, 0.25) is 5.91 Å². The van der Waals surface area contributed by atoms with Crippen LogP contribution in [0.5, 0.6) is 5.75 Å². The number of aromatic nitrogens is 2. The van der Waals surface area contributed by atoms with Gasteiger partial charge in [-0.3, -0.25) is 4.79 Å². The number of methoxy groups -OCH3 is 1. The van der Waals surface area contributed by atoms with Crippen LogP contribution in [0.1, 0.15) is 30.7 Å². The van der Waals surface area contributed by atoms with Crippen LogP contribution in [-0.2, 0) is 23.2 Å². The number of nitriles is 1. The molecule has 8 nitrogen and oxygen atoms in total. The van der Waals surface area contributed by atoms with Crippen molar-refractivity contribution in [1.29, 1.82) is 5.26 Å². The highest BCUT2D eigenvalue weighted by molar-refractivity contribution is 6.21. The molecule has 32 heavy (non-hydrogen) atoms. The molecule has 9 heteroatoms. The van der Waals surface area contributed by atoms with Gasteiger partial charge in [0.1, 0.15) is 24.3 Å². The summed E-state index contributed by atoms with van der Waals surface area (Å²) in [4.78, 5) is 17.1. The second-order valence-electron chi connectivity index (χ2n) is 8.51. The Kier molecular flexibility index (Phi) is 6.87. The van der Waals surface area contributed by atoms with Gasteiger partial charge in [-0.1, -0.05) is 0 Å². The third-order valence-corrected chi connectivity index (χ3v) is 6.95. The summed E-state index contributed by atoms with van der Waals surface area (Å²) in [5.74, 6) is 1.60. The first-order valence-electron chi connectivity index (χ1n) is 10.8. The zero-order chi connectivity index (χ0) is 22.7. The number of benzene rings is 1. The number of carbonyl (C=O) groups is 1. The molecule has 1 aliphatic carbocycles. The molecule has 1 aromatic heterocycles. The van der Waals surface area contributed by atoms with Crippen molar-refractivity contribution >= 4 is 23.2 Å². The van der Waals surface area contributed by atoms with Gasteiger partial charge in [0.15, 0.2) is 0 Å². The van der Waals surface area contributed by atoms with Gasteiger partial charge in [-0.2, -0.15) is 5.26 Å². The molecule has 5 atom stereocenters. The molecule has 2 aromatic rings. The molecule has 1 saturated heterocycles. The fraction of sp³-hybridized carbons (Fsp3) is 0.522. The summed E-state index contributed by atoms with van der Waals surface area (Å²) in [6, 6.07) is 7.49. The van der Waals surface area contributed by atoms with Crippen molar-refractivity contribution in [1.82, 2.24) is 14.9 Å². The molecule has 170 valence electrons. The maximum Gasteiger partial charge on any atom is 0.225 e. The van der Waals surface area contributed by atoms with Gasteiger partial charge in [-0.05, 0) is 37.3 Å². The molecule has 2 heterocycles. The number of amides is 1. The van der Waals surface area contributed by atoms with Gasteiger partial charge in [-0.25, -0.2) is 4.98 Å². The van der Waals surface area contributed by atoms with Crippen LogP contribution in [0.4, 0.5) is 5.69 Å². The second-order valence-corrected chi connectivity index (χ2v) is 9.07. The van der Waals surface area contributed by atoms with Crippen molar-refractivity contribution in [2.24, 2.45) is 18.9 Å². The molecule has 5 unspecified atom stereocenters. The average Bonchev–Trinajstić information content (AvgIpc) is 3.21. The van der Waals surface area contributed by atoms with E-state index >= 15 is 0 Å². The van der Waals surface area contributed by atoms with Gasteiger partial charge in [0.05, 0.1) is 30.1 Å². The Balaban J connectivity index is 1.32. The summed E-state index contributed by atoms with van der Waals surface area (Å²) in [7, 11) is 3.47. The predicted octanol–water partition coefficient (Wildman–Crippen LogP) is 2.82. The van der Waals surface area contributed by atoms with E-state index in [4.69, 9.17) is 26.3 Å². The Labute approximate surface area is 192 Å². The third-order valence-electron chi connectivity index (χ3n) is 6.49. The number of aryl methyl sites for hydroxylation is 1. The van der Waals surface area contributed by atoms with E-state index in [2.05, 4.69) is 21.7 Å². The molecule has 1 amide bonds. The maximum absolute atomic E-state index is 12.8. The SMILES string of the molecule is COc1cc(NCC2CC3CC(Cl)C(OCc4nccn4C)CC3NC2=O)ccc1C#N. The third kappa shape index (κ3) is 4.84. The highest BCUT2D eigenvalue weighted by atomic mass is 35.5. The normalized spacial score (nSPS) is 27.2. The number of halogens is 1. The number of nitrogens with zero attached hydrogens (tertiary/aromatic N) is 3. The number of imidazole rings is 1. The van der Waals surface area contributed by atoms with Crippen LogP contribution in [0.15, 0.2) is 30.6 Å². The van der Waals surface area contributed by atoms with E-state index in [0.29, 0.717) is 36.8 Å². The Morgan fingerprint density at radius 1 is 1.38 bits per heavy atom. The zero-order valence-electron chi connectivity index (χ0n) is 18.3. The van der Waals surface area contributed by atoms with Crippen LogP contribution in [0, 0.1) is 23.2 Å². The molecule has 1 aliphatic heterocycles. The molecule has 1 saturated carbocycles. The van der Waals surface area contributed by atoms with E-state index in [0.717, 1.165) is 24.4 Å². The van der Waals surface area contributed by atoms with Gasteiger partial charge >= 0.3 is 0 Å². The topological polar surface area (TPSA) is 101 Å². The molecule has 0 spiro atoms. The van der Waals surface area contributed by atoms with Crippen molar-refractivity contribution < 1.29 is 14.3 Å². The van der Waals surface area contributed by atoms with Gasteiger partial charge in [0, 0.05) is 43.8 Å². The number of anilines is 1. The molecule has 2 N–H and O–H groups in total. The summed E-state index contributed by atoms with van der Waals surface area (Å²) in [6.45, 7) is 0.916. The van der Waals surface area contributed by atoms with Crippen molar-refractivity contribution in [3.63, 3.8) is 0 Å². The lowest BCUT2D eigenvalue weighted by molar-refractivity contribution is -0.130. The highest BCUT2D eigenvalue weighted by Gasteiger charge is 2.43. The zero-order valence-corrected chi connectivity index (χ0v) is 19.0. The van der Waals surface area contributed by atoms with Crippen molar-refractivity contribution in [2.45, 2.75) is 43.4 Å². The standard InChI is InChI=1S/C23H28ClN5O3/c1-29-6-5-26-22(29)13-32-21-10-19-15(8-18(21)24)7-16(23(30)28-19)12-27-17-4-3-14(11-25)20(9-17)31-2/h3-6,9,15-16,18-19,21,27H,7-8,10,12-13H2,1-2H3,(H,28,30). The van der Waals surface area contributed by atoms with E-state index < -0.39 is 0 Å². The number of carbonyl (C=O) groups excluding carboxylic acids is 1. The number of fused-ring (bicyclic) bond motifs is 1. The van der Waals surface area contributed by atoms with Gasteiger partial charge < -0.3 is 24.7 Å². The van der Waals surface area contributed by atoms with E-state index in [1.165, 1.54) is 7.11 Å². The van der Waals surface area contributed by atoms with Crippen LogP contribution in [0.25, 0.3) is 0 Å². The summed E-state index contributed by atoms with van der Waals surface area (Å²) < 4.78 is 13.3. The molecule has 4 rings (SSSR count). The number of hydrogen-bond donors (Lipinski definition) is 2. The van der Waals surface area contributed by atoms with Crippen molar-refractivity contribution in [3.8, 4) is 11.8 Å². The lowest BCUT2D eigenvalue weighted by atomic mass is 9.74. The number of rotatable bonds is 7. The maximum atomic E-state index is 12.8. The number of hydrogen-bond acceptors (Lipinski definition) is 6. The molecule has 2 fully saturated rings. The number of ether oxygens (including phenoxy) is 2. The van der Waals surface area contributed by atoms with Crippen LogP contribution in [0.2, 0.25) is 0 Å². The minimum absolute atomic E-state index is 0.0511. The van der Waals surface area contributed by atoms with Gasteiger partial charge in [-0.15, -0.1) is 11.6 Å². The molecule has 1 aromatic carbocycles. The Hall–Kier alpha value is -2.76. The highest BCUT2D eigenvalue weighted by Crippen LogP contribution is 2.37. The van der Waals surface area contributed by atoms with Gasteiger partial charge in [0.25, 0.3) is 0 Å². The lowest BCUT2D eigenvalue weighted by Gasteiger charge is -2.44. The Bertz CT molecular complexity index is 1000. The first kappa shape index (κ1) is 22.4. The largest absolute Gasteiger partial charge is 0.495 e. The monoisotopic (exact) mass is 457 g/mol. The molecular formula is C23H28ClN5O3. The van der Waals surface area contributed by atoms with Crippen LogP contribution in [0.3, 0.4) is 0 Å². The Morgan fingerprint density at radius 2 is 2.22 bits per heavy atom. The molecule has 0 bridgehead atoms. The second kappa shape index (κ2) is 9.80. The summed E-state index contributed by atoms with van der Waals surface area (Å²) in [6.07, 6.45) is 5.82. The van der Waals surface area contributed by atoms with Crippen molar-refractivity contribution in [3.05, 3.63) is 42.0 Å². The number of alkyl halides is 1. The van der Waals surface area contributed by atoms with Crippen LogP contribution >= 0.6 is 11.6 Å². The average molecular weight is 458 g/mol. The first-order chi connectivity index (χ1) is 15.5. The molecule has 2 aliphatic rings. The van der Waals surface area contributed by atoms with E-state index in [1.54, 1.807) is 18.3 Å². The fourth-order valence-electron chi connectivity index (χ4n) is 4.61. The van der Waals surface area contributed by atoms with Crippen molar-refractivity contribution in [2.75, 3.05) is 19.0 Å². The number of piperidine rings is 1. The lowest BCUT2D eigenvalue weighted by Crippen LogP contribution is -2.56. The van der Waals surface area contributed by atoms with E-state index in [-0.39, 0.29) is 29.3 Å². The minimum Gasteiger partial charge on any atom is -0.495 e. The quantitative estimate of drug-likeness (QED) is 0.620. The summed E-state index contributed by atoms with van der Waals surface area (Å²) in [5.41, 5.74) is 1.30. The first-order valence-corrected chi connectivity index (χ1v) is 11.3. The fourth-order valence-corrected chi connectivity index (χ4v) is 5.01. The molecular weight excluding hydrogens is 430 g/mol. The smallest absolute Gasteiger partial charge is 0.225 e. The van der Waals surface area contributed by atoms with E-state index in [9.17, 15) is 4.79 Å². The summed E-state index contributed by atoms with van der Waals surface area (Å²) in [5, 5.41) is 15.5. The van der Waals surface area contributed by atoms with Crippen LogP contribution in [-0.4, -0.2) is 46.6 Å². The molecule has 0 radical (unpaired) electrons. The van der Waals surface area contributed by atoms with Crippen LogP contribution < -0.4 is 15.4 Å². The van der Waals surface area contributed by atoms with E-state index in [1.807, 2.05) is 23.9 Å². The minimum atomic E-state index is -0.146. The summed E-state index contributed by atoms with van der Waals surface area (Å²) >= 11 is 6.68. The number of nitrogens with one attached hydrogen (secondary N) is 2.